The summed E-state index contributed by atoms with van der Waals surface area (Å²) < 4.78 is 5.44. The van der Waals surface area contributed by atoms with Crippen LogP contribution in [0.4, 0.5) is 5.69 Å². The van der Waals surface area contributed by atoms with E-state index in [1.807, 2.05) is 0 Å². The Balaban J connectivity index is 1.84. The zero-order valence-corrected chi connectivity index (χ0v) is 13.8. The SMILES string of the molecule is CCOCCN1CCN(c2cccc(C[C](C)C)c2)CC1. The molecule has 21 heavy (non-hydrogen) atoms. The topological polar surface area (TPSA) is 15.7 Å². The Hall–Kier alpha value is -1.06. The van der Waals surface area contributed by atoms with E-state index in [1.54, 1.807) is 0 Å². The van der Waals surface area contributed by atoms with Crippen LogP contribution in [0.2, 0.25) is 0 Å². The molecule has 0 atom stereocenters. The van der Waals surface area contributed by atoms with Crippen molar-refractivity contribution in [3.8, 4) is 0 Å². The van der Waals surface area contributed by atoms with Crippen molar-refractivity contribution in [1.82, 2.24) is 4.90 Å². The lowest BCUT2D eigenvalue weighted by atomic mass is 10.0. The third-order valence-electron chi connectivity index (χ3n) is 3.96. The monoisotopic (exact) mass is 289 g/mol. The molecule has 3 heteroatoms. The number of anilines is 1. The number of piperazine rings is 1. The van der Waals surface area contributed by atoms with Gasteiger partial charge < -0.3 is 9.64 Å². The number of hydrogen-bond acceptors (Lipinski definition) is 3. The Morgan fingerprint density at radius 3 is 2.57 bits per heavy atom. The highest BCUT2D eigenvalue weighted by atomic mass is 16.5. The molecule has 0 saturated carbocycles. The fourth-order valence-corrected chi connectivity index (χ4v) is 2.84. The maximum Gasteiger partial charge on any atom is 0.0593 e. The van der Waals surface area contributed by atoms with Crippen LogP contribution in [0.15, 0.2) is 24.3 Å². The van der Waals surface area contributed by atoms with E-state index in [0.29, 0.717) is 0 Å². The van der Waals surface area contributed by atoms with Gasteiger partial charge in [-0.05, 0) is 37.0 Å². The van der Waals surface area contributed by atoms with Gasteiger partial charge in [0, 0.05) is 45.0 Å². The minimum Gasteiger partial charge on any atom is -0.380 e. The Kier molecular flexibility index (Phi) is 6.52. The second kappa shape index (κ2) is 8.40. The van der Waals surface area contributed by atoms with Crippen molar-refractivity contribution in [2.75, 3.05) is 50.8 Å². The van der Waals surface area contributed by atoms with Gasteiger partial charge in [0.25, 0.3) is 0 Å². The lowest BCUT2D eigenvalue weighted by Crippen LogP contribution is -2.47. The van der Waals surface area contributed by atoms with Crippen molar-refractivity contribution in [2.24, 2.45) is 0 Å². The molecule has 1 saturated heterocycles. The fourth-order valence-electron chi connectivity index (χ4n) is 2.84. The quantitative estimate of drug-likeness (QED) is 0.718. The smallest absolute Gasteiger partial charge is 0.0593 e. The summed E-state index contributed by atoms with van der Waals surface area (Å²) in [6.45, 7) is 13.7. The van der Waals surface area contributed by atoms with Gasteiger partial charge in [-0.2, -0.15) is 0 Å². The molecule has 1 heterocycles. The lowest BCUT2D eigenvalue weighted by Gasteiger charge is -2.36. The first-order chi connectivity index (χ1) is 10.2. The van der Waals surface area contributed by atoms with Gasteiger partial charge in [-0.3, -0.25) is 4.90 Å². The number of benzene rings is 1. The van der Waals surface area contributed by atoms with Gasteiger partial charge in [0.05, 0.1) is 6.61 Å². The third-order valence-corrected chi connectivity index (χ3v) is 3.96. The van der Waals surface area contributed by atoms with Gasteiger partial charge in [-0.15, -0.1) is 0 Å². The highest BCUT2D eigenvalue weighted by molar-refractivity contribution is 5.49. The first kappa shape index (κ1) is 16.3. The molecule has 1 radical (unpaired) electrons. The third kappa shape index (κ3) is 5.33. The Morgan fingerprint density at radius 2 is 1.90 bits per heavy atom. The Bertz CT molecular complexity index is 411. The first-order valence-electron chi connectivity index (χ1n) is 8.12. The highest BCUT2D eigenvalue weighted by Gasteiger charge is 2.17. The molecule has 0 aromatic heterocycles. The summed E-state index contributed by atoms with van der Waals surface area (Å²) in [5, 5.41) is 0. The molecule has 0 unspecified atom stereocenters. The van der Waals surface area contributed by atoms with Crippen molar-refractivity contribution in [1.29, 1.82) is 0 Å². The van der Waals surface area contributed by atoms with Gasteiger partial charge in [0.15, 0.2) is 0 Å². The van der Waals surface area contributed by atoms with E-state index in [1.165, 1.54) is 17.2 Å². The average molecular weight is 289 g/mol. The summed E-state index contributed by atoms with van der Waals surface area (Å²) in [7, 11) is 0. The molecule has 117 valence electrons. The molecule has 1 aliphatic rings. The molecule has 0 N–H and O–H groups in total. The predicted molar refractivity (Wildman–Crippen MR) is 89.9 cm³/mol. The van der Waals surface area contributed by atoms with Crippen LogP contribution in [0.25, 0.3) is 0 Å². The fraction of sp³-hybridized carbons (Fsp3) is 0.611. The molecule has 1 fully saturated rings. The van der Waals surface area contributed by atoms with Gasteiger partial charge in [0.1, 0.15) is 0 Å². The van der Waals surface area contributed by atoms with Crippen LogP contribution in [-0.4, -0.2) is 50.8 Å². The maximum absolute atomic E-state index is 5.44. The molecular formula is C18H29N2O. The summed E-state index contributed by atoms with van der Waals surface area (Å²) in [5.41, 5.74) is 2.80. The van der Waals surface area contributed by atoms with Crippen molar-refractivity contribution >= 4 is 5.69 Å². The molecular weight excluding hydrogens is 260 g/mol. The molecule has 1 aliphatic heterocycles. The van der Waals surface area contributed by atoms with Crippen LogP contribution < -0.4 is 4.90 Å². The van der Waals surface area contributed by atoms with E-state index < -0.39 is 0 Å². The van der Waals surface area contributed by atoms with E-state index in [0.717, 1.165) is 52.4 Å². The van der Waals surface area contributed by atoms with Gasteiger partial charge >= 0.3 is 0 Å². The molecule has 0 amide bonds. The number of rotatable bonds is 7. The summed E-state index contributed by atoms with van der Waals surface area (Å²) in [4.78, 5) is 5.01. The van der Waals surface area contributed by atoms with Crippen molar-refractivity contribution in [3.05, 3.63) is 35.7 Å². The van der Waals surface area contributed by atoms with Gasteiger partial charge in [0.2, 0.25) is 0 Å². The van der Waals surface area contributed by atoms with Crippen molar-refractivity contribution < 1.29 is 4.74 Å². The molecule has 0 bridgehead atoms. The lowest BCUT2D eigenvalue weighted by molar-refractivity contribution is 0.111. The number of nitrogens with zero attached hydrogens (tertiary/aromatic N) is 2. The van der Waals surface area contributed by atoms with E-state index in [-0.39, 0.29) is 0 Å². The Labute approximate surface area is 129 Å². The first-order valence-corrected chi connectivity index (χ1v) is 8.12. The summed E-state index contributed by atoms with van der Waals surface area (Å²) in [6, 6.07) is 9.01. The zero-order valence-electron chi connectivity index (χ0n) is 13.8. The van der Waals surface area contributed by atoms with Crippen LogP contribution >= 0.6 is 0 Å². The minimum absolute atomic E-state index is 0.820. The number of ether oxygens (including phenoxy) is 1. The van der Waals surface area contributed by atoms with E-state index in [9.17, 15) is 0 Å². The van der Waals surface area contributed by atoms with E-state index >= 15 is 0 Å². The summed E-state index contributed by atoms with van der Waals surface area (Å²) in [6.07, 6.45) is 1.09. The second-order valence-electron chi connectivity index (χ2n) is 6.08. The summed E-state index contributed by atoms with van der Waals surface area (Å²) >= 11 is 0. The van der Waals surface area contributed by atoms with Crippen molar-refractivity contribution in [3.63, 3.8) is 0 Å². The molecule has 1 aromatic carbocycles. The molecule has 1 aromatic rings. The largest absolute Gasteiger partial charge is 0.380 e. The van der Waals surface area contributed by atoms with Crippen LogP contribution in [0.1, 0.15) is 26.3 Å². The molecule has 0 spiro atoms. The van der Waals surface area contributed by atoms with E-state index in [4.69, 9.17) is 4.74 Å². The molecule has 2 rings (SSSR count). The predicted octanol–water partition coefficient (Wildman–Crippen LogP) is 3.00. The number of hydrogen-bond donors (Lipinski definition) is 0. The molecule has 3 nitrogen and oxygen atoms in total. The van der Waals surface area contributed by atoms with Crippen LogP contribution in [0, 0.1) is 5.92 Å². The second-order valence-corrected chi connectivity index (χ2v) is 6.08. The Morgan fingerprint density at radius 1 is 1.14 bits per heavy atom. The highest BCUT2D eigenvalue weighted by Crippen LogP contribution is 2.20. The summed E-state index contributed by atoms with van der Waals surface area (Å²) in [5.74, 6) is 1.47. The standard InChI is InChI=1S/C18H29N2O/c1-4-21-13-12-19-8-10-20(11-9-19)18-7-5-6-17(15-18)14-16(2)3/h5-7,15H,4,8-14H2,1-3H3. The average Bonchev–Trinajstić information content (AvgIpc) is 2.48. The zero-order chi connectivity index (χ0) is 15.1. The van der Waals surface area contributed by atoms with Crippen LogP contribution in [0.3, 0.4) is 0 Å². The van der Waals surface area contributed by atoms with Crippen LogP contribution in [0.5, 0.6) is 0 Å². The van der Waals surface area contributed by atoms with Crippen molar-refractivity contribution in [2.45, 2.75) is 27.2 Å². The van der Waals surface area contributed by atoms with Crippen LogP contribution in [-0.2, 0) is 11.2 Å². The van der Waals surface area contributed by atoms with Gasteiger partial charge in [-0.25, -0.2) is 0 Å². The van der Waals surface area contributed by atoms with Gasteiger partial charge in [-0.1, -0.05) is 26.0 Å². The normalized spacial score (nSPS) is 16.7. The molecule has 0 aliphatic carbocycles. The van der Waals surface area contributed by atoms with E-state index in [2.05, 4.69) is 54.8 Å². The minimum atomic E-state index is 0.820. The maximum atomic E-state index is 5.44.